The lowest BCUT2D eigenvalue weighted by Gasteiger charge is -2.14. The fourth-order valence-corrected chi connectivity index (χ4v) is 2.98. The van der Waals surface area contributed by atoms with E-state index in [1.165, 1.54) is 0 Å². The highest BCUT2D eigenvalue weighted by Crippen LogP contribution is 2.26. The van der Waals surface area contributed by atoms with Gasteiger partial charge < -0.3 is 10.4 Å². The number of benzene rings is 1. The summed E-state index contributed by atoms with van der Waals surface area (Å²) in [7, 11) is 0. The smallest absolute Gasteiger partial charge is 0.220 e. The van der Waals surface area contributed by atoms with Crippen LogP contribution >= 0.6 is 23.4 Å². The zero-order chi connectivity index (χ0) is 14.8. The molecule has 0 aliphatic carbocycles. The summed E-state index contributed by atoms with van der Waals surface area (Å²) in [6.45, 7) is 2.89. The molecule has 0 heterocycles. The lowest BCUT2D eigenvalue weighted by Crippen LogP contribution is -2.29. The molecule has 1 unspecified atom stereocenters. The van der Waals surface area contributed by atoms with Crippen LogP contribution in [0.15, 0.2) is 29.2 Å². The molecule has 1 rings (SSSR count). The monoisotopic (exact) mass is 315 g/mol. The van der Waals surface area contributed by atoms with Crippen molar-refractivity contribution in [2.24, 2.45) is 5.92 Å². The van der Waals surface area contributed by atoms with Gasteiger partial charge in [-0.05, 0) is 24.5 Å². The fraction of sp³-hybridized carbons (Fsp3) is 0.533. The maximum Gasteiger partial charge on any atom is 0.220 e. The number of aliphatic hydroxyl groups is 1. The van der Waals surface area contributed by atoms with Crippen molar-refractivity contribution in [3.8, 4) is 0 Å². The molecule has 0 saturated heterocycles. The molecule has 1 aromatic carbocycles. The first-order valence-electron chi connectivity index (χ1n) is 6.92. The molecule has 112 valence electrons. The van der Waals surface area contributed by atoms with Crippen LogP contribution in [0.5, 0.6) is 0 Å². The third kappa shape index (κ3) is 6.64. The second-order valence-corrected chi connectivity index (χ2v) is 6.16. The molecule has 0 saturated carbocycles. The van der Waals surface area contributed by atoms with Gasteiger partial charge in [0, 0.05) is 30.2 Å². The van der Waals surface area contributed by atoms with Crippen molar-refractivity contribution in [1.29, 1.82) is 0 Å². The summed E-state index contributed by atoms with van der Waals surface area (Å²) in [5.41, 5.74) is 0. The van der Waals surface area contributed by atoms with Crippen molar-refractivity contribution in [2.75, 3.05) is 18.9 Å². The van der Waals surface area contributed by atoms with Crippen molar-refractivity contribution in [2.45, 2.75) is 31.1 Å². The SMILES string of the molecule is CCC(CCO)CNC(=O)CCSc1ccccc1Cl. The second kappa shape index (κ2) is 10.1. The summed E-state index contributed by atoms with van der Waals surface area (Å²) >= 11 is 7.64. The second-order valence-electron chi connectivity index (χ2n) is 4.62. The molecule has 2 N–H and O–H groups in total. The molecule has 0 aliphatic heterocycles. The molecule has 0 bridgehead atoms. The normalized spacial score (nSPS) is 12.2. The average molecular weight is 316 g/mol. The Labute approximate surface area is 130 Å². The number of nitrogens with one attached hydrogen (secondary N) is 1. The Morgan fingerprint density at radius 3 is 2.85 bits per heavy atom. The summed E-state index contributed by atoms with van der Waals surface area (Å²) in [6.07, 6.45) is 2.19. The molecule has 0 fully saturated rings. The van der Waals surface area contributed by atoms with Crippen LogP contribution < -0.4 is 5.32 Å². The van der Waals surface area contributed by atoms with Crippen LogP contribution in [0.1, 0.15) is 26.2 Å². The fourth-order valence-electron chi connectivity index (χ4n) is 1.80. The van der Waals surface area contributed by atoms with E-state index in [1.54, 1.807) is 11.8 Å². The number of thioether (sulfide) groups is 1. The van der Waals surface area contributed by atoms with Crippen molar-refractivity contribution >= 4 is 29.3 Å². The highest BCUT2D eigenvalue weighted by atomic mass is 35.5. The Morgan fingerprint density at radius 2 is 2.20 bits per heavy atom. The zero-order valence-corrected chi connectivity index (χ0v) is 13.3. The van der Waals surface area contributed by atoms with Crippen molar-refractivity contribution in [3.05, 3.63) is 29.3 Å². The summed E-state index contributed by atoms with van der Waals surface area (Å²) < 4.78 is 0. The van der Waals surface area contributed by atoms with Crippen LogP contribution in [-0.2, 0) is 4.79 Å². The Bertz CT molecular complexity index is 415. The number of rotatable bonds is 9. The van der Waals surface area contributed by atoms with Gasteiger partial charge in [0.15, 0.2) is 0 Å². The topological polar surface area (TPSA) is 49.3 Å². The standard InChI is InChI=1S/C15H22ClNO2S/c1-2-12(7-9-18)11-17-15(19)8-10-20-14-6-4-3-5-13(14)16/h3-6,12,18H,2,7-11H2,1H3,(H,17,19). The van der Waals surface area contributed by atoms with Gasteiger partial charge in [0.2, 0.25) is 5.91 Å². The summed E-state index contributed by atoms with van der Waals surface area (Å²) in [6, 6.07) is 7.64. The average Bonchev–Trinajstić information content (AvgIpc) is 2.45. The number of carbonyl (C=O) groups excluding carboxylic acids is 1. The first-order valence-corrected chi connectivity index (χ1v) is 8.28. The van der Waals surface area contributed by atoms with Gasteiger partial charge in [-0.2, -0.15) is 0 Å². The third-order valence-corrected chi connectivity index (χ3v) is 4.64. The minimum Gasteiger partial charge on any atom is -0.396 e. The van der Waals surface area contributed by atoms with Crippen LogP contribution in [0.2, 0.25) is 5.02 Å². The molecule has 20 heavy (non-hydrogen) atoms. The van der Waals surface area contributed by atoms with Crippen LogP contribution in [0.25, 0.3) is 0 Å². The Balaban J connectivity index is 2.22. The molecule has 0 aliphatic rings. The number of amides is 1. The number of aliphatic hydroxyl groups excluding tert-OH is 1. The maximum atomic E-state index is 11.7. The van der Waals surface area contributed by atoms with Gasteiger partial charge in [-0.15, -0.1) is 11.8 Å². The van der Waals surface area contributed by atoms with Crippen molar-refractivity contribution in [3.63, 3.8) is 0 Å². The molecule has 0 radical (unpaired) electrons. The number of hydrogen-bond acceptors (Lipinski definition) is 3. The minimum atomic E-state index is 0.0564. The first kappa shape index (κ1) is 17.3. The summed E-state index contributed by atoms with van der Waals surface area (Å²) in [4.78, 5) is 12.7. The molecule has 1 aromatic rings. The molecular formula is C15H22ClNO2S. The number of hydrogen-bond donors (Lipinski definition) is 2. The van der Waals surface area contributed by atoms with Crippen LogP contribution in [0.4, 0.5) is 0 Å². The lowest BCUT2D eigenvalue weighted by molar-refractivity contribution is -0.120. The van der Waals surface area contributed by atoms with Crippen LogP contribution in [0, 0.1) is 5.92 Å². The lowest BCUT2D eigenvalue weighted by atomic mass is 10.0. The van der Waals surface area contributed by atoms with E-state index in [2.05, 4.69) is 12.2 Å². The van der Waals surface area contributed by atoms with Gasteiger partial charge in [0.25, 0.3) is 0 Å². The van der Waals surface area contributed by atoms with E-state index < -0.39 is 0 Å². The largest absolute Gasteiger partial charge is 0.396 e. The molecule has 1 atom stereocenters. The van der Waals surface area contributed by atoms with Crippen molar-refractivity contribution < 1.29 is 9.90 Å². The number of carbonyl (C=O) groups is 1. The zero-order valence-electron chi connectivity index (χ0n) is 11.8. The van der Waals surface area contributed by atoms with E-state index in [0.717, 1.165) is 22.8 Å². The molecule has 1 amide bonds. The number of halogens is 1. The predicted octanol–water partition coefficient (Wildman–Crippen LogP) is 3.35. The first-order chi connectivity index (χ1) is 9.67. The van der Waals surface area contributed by atoms with E-state index in [1.807, 2.05) is 24.3 Å². The highest BCUT2D eigenvalue weighted by molar-refractivity contribution is 7.99. The molecule has 0 aromatic heterocycles. The van der Waals surface area contributed by atoms with E-state index in [4.69, 9.17) is 16.7 Å². The van der Waals surface area contributed by atoms with E-state index in [9.17, 15) is 4.79 Å². The minimum absolute atomic E-state index is 0.0564. The predicted molar refractivity (Wildman–Crippen MR) is 85.3 cm³/mol. The van der Waals surface area contributed by atoms with Gasteiger partial charge in [-0.1, -0.05) is 37.1 Å². The van der Waals surface area contributed by atoms with E-state index in [0.29, 0.717) is 24.6 Å². The molecule has 3 nitrogen and oxygen atoms in total. The Morgan fingerprint density at radius 1 is 1.45 bits per heavy atom. The summed E-state index contributed by atoms with van der Waals surface area (Å²) in [5.74, 6) is 1.13. The Hall–Kier alpha value is -0.710. The molecule has 0 spiro atoms. The van der Waals surface area contributed by atoms with E-state index in [-0.39, 0.29) is 12.5 Å². The third-order valence-electron chi connectivity index (χ3n) is 3.13. The van der Waals surface area contributed by atoms with Crippen LogP contribution in [0.3, 0.4) is 0 Å². The van der Waals surface area contributed by atoms with Crippen molar-refractivity contribution in [1.82, 2.24) is 5.32 Å². The Kier molecular flexibility index (Phi) is 8.74. The maximum absolute atomic E-state index is 11.7. The highest BCUT2D eigenvalue weighted by Gasteiger charge is 2.08. The van der Waals surface area contributed by atoms with Gasteiger partial charge in [-0.25, -0.2) is 0 Å². The van der Waals surface area contributed by atoms with Gasteiger partial charge in [0.05, 0.1) is 5.02 Å². The van der Waals surface area contributed by atoms with Crippen LogP contribution in [-0.4, -0.2) is 29.9 Å². The van der Waals surface area contributed by atoms with Gasteiger partial charge in [-0.3, -0.25) is 4.79 Å². The van der Waals surface area contributed by atoms with E-state index >= 15 is 0 Å². The molecule has 5 heteroatoms. The quantitative estimate of drug-likeness (QED) is 0.687. The van der Waals surface area contributed by atoms with Gasteiger partial charge >= 0.3 is 0 Å². The summed E-state index contributed by atoms with van der Waals surface area (Å²) in [5, 5.41) is 12.5. The van der Waals surface area contributed by atoms with Gasteiger partial charge in [0.1, 0.15) is 0 Å². The molecular weight excluding hydrogens is 294 g/mol.